The topological polar surface area (TPSA) is 18.5 Å². The van der Waals surface area contributed by atoms with E-state index in [1.165, 1.54) is 0 Å². The number of hydrogen-bond donors (Lipinski definition) is 0. The van der Waals surface area contributed by atoms with Gasteiger partial charge in [-0.2, -0.15) is 52.7 Å². The molecule has 0 amide bonds. The second-order valence-electron chi connectivity index (χ2n) is 5.66. The maximum absolute atomic E-state index is 12.7. The van der Waals surface area contributed by atoms with Crippen molar-refractivity contribution in [2.75, 3.05) is 0 Å². The Kier molecular flexibility index (Phi) is 6.00. The van der Waals surface area contributed by atoms with Gasteiger partial charge in [0.05, 0.1) is 0 Å². The zero-order chi connectivity index (χ0) is 20.9. The standard InChI is InChI=1S/C10H12F12O2Si/c1-5(7(11,12)13,8(14,15)16)23-25(3,4)24-6(2,9(17,18)19)10(20,21)22/h1-4H3. The summed E-state index contributed by atoms with van der Waals surface area (Å²) < 4.78 is 160. The molecule has 0 bridgehead atoms. The summed E-state index contributed by atoms with van der Waals surface area (Å²) in [6, 6.07) is 0. The minimum absolute atomic E-state index is 0.207. The van der Waals surface area contributed by atoms with E-state index in [0.717, 1.165) is 0 Å². The molecule has 152 valence electrons. The third-order valence-corrected chi connectivity index (χ3v) is 4.86. The summed E-state index contributed by atoms with van der Waals surface area (Å²) >= 11 is 0. The van der Waals surface area contributed by atoms with E-state index in [1.807, 2.05) is 0 Å². The Morgan fingerprint density at radius 2 is 0.640 bits per heavy atom. The number of halogens is 12. The van der Waals surface area contributed by atoms with Crippen LogP contribution in [-0.4, -0.2) is 44.5 Å². The molecular formula is C10H12F12O2Si. The van der Waals surface area contributed by atoms with Crippen LogP contribution < -0.4 is 0 Å². The molecule has 0 saturated heterocycles. The molecule has 0 aliphatic heterocycles. The van der Waals surface area contributed by atoms with Gasteiger partial charge in [0.15, 0.2) is 0 Å². The summed E-state index contributed by atoms with van der Waals surface area (Å²) in [7, 11) is -5.29. The van der Waals surface area contributed by atoms with Gasteiger partial charge in [-0.1, -0.05) is 0 Å². The molecule has 2 nitrogen and oxygen atoms in total. The second kappa shape index (κ2) is 6.18. The lowest BCUT2D eigenvalue weighted by Crippen LogP contribution is -2.66. The van der Waals surface area contributed by atoms with Crippen LogP contribution in [0.5, 0.6) is 0 Å². The third-order valence-electron chi connectivity index (χ3n) is 3.06. The van der Waals surface area contributed by atoms with Crippen LogP contribution in [0.3, 0.4) is 0 Å². The van der Waals surface area contributed by atoms with E-state index in [1.54, 1.807) is 0 Å². The monoisotopic (exact) mass is 420 g/mol. The van der Waals surface area contributed by atoms with Gasteiger partial charge in [0.25, 0.3) is 0 Å². The van der Waals surface area contributed by atoms with E-state index in [-0.39, 0.29) is 13.1 Å². The van der Waals surface area contributed by atoms with Crippen LogP contribution in [0.1, 0.15) is 13.8 Å². The van der Waals surface area contributed by atoms with Crippen LogP contribution in [0.25, 0.3) is 0 Å². The molecular weight excluding hydrogens is 408 g/mol. The van der Waals surface area contributed by atoms with E-state index in [0.29, 0.717) is 0 Å². The predicted octanol–water partition coefficient (Wildman–Crippen LogP) is 5.49. The molecule has 15 heteroatoms. The molecule has 0 unspecified atom stereocenters. The highest BCUT2D eigenvalue weighted by Gasteiger charge is 2.74. The number of alkyl halides is 12. The lowest BCUT2D eigenvalue weighted by Gasteiger charge is -2.43. The van der Waals surface area contributed by atoms with E-state index < -0.39 is 58.3 Å². The molecule has 0 aromatic carbocycles. The summed E-state index contributed by atoms with van der Waals surface area (Å²) in [6.07, 6.45) is -24.7. The molecule has 0 radical (unpaired) electrons. The van der Waals surface area contributed by atoms with Gasteiger partial charge < -0.3 is 8.85 Å². The fourth-order valence-electron chi connectivity index (χ4n) is 1.56. The average Bonchev–Trinajstić information content (AvgIpc) is 2.20. The number of hydrogen-bond acceptors (Lipinski definition) is 2. The van der Waals surface area contributed by atoms with Crippen molar-refractivity contribution in [2.45, 2.75) is 62.8 Å². The fraction of sp³-hybridized carbons (Fsp3) is 1.00. The van der Waals surface area contributed by atoms with E-state index >= 15 is 0 Å². The Morgan fingerprint density at radius 3 is 0.760 bits per heavy atom. The van der Waals surface area contributed by atoms with Crippen molar-refractivity contribution in [2.24, 2.45) is 0 Å². The summed E-state index contributed by atoms with van der Waals surface area (Å²) in [5.74, 6) is 0. The maximum Gasteiger partial charge on any atom is 0.425 e. The molecule has 0 rings (SSSR count). The smallest absolute Gasteiger partial charge is 0.373 e. The van der Waals surface area contributed by atoms with Crippen molar-refractivity contribution in [1.82, 2.24) is 0 Å². The molecule has 0 N–H and O–H groups in total. The van der Waals surface area contributed by atoms with Crippen molar-refractivity contribution in [3.8, 4) is 0 Å². The minimum atomic E-state index is -6.17. The van der Waals surface area contributed by atoms with E-state index in [2.05, 4.69) is 8.85 Å². The minimum Gasteiger partial charge on any atom is -0.373 e. The summed E-state index contributed by atoms with van der Waals surface area (Å²) in [5.41, 5.74) is -10.0. The normalized spacial score (nSPS) is 16.3. The second-order valence-corrected chi connectivity index (χ2v) is 8.87. The molecule has 0 aliphatic carbocycles. The van der Waals surface area contributed by atoms with E-state index in [9.17, 15) is 52.7 Å². The predicted molar refractivity (Wildman–Crippen MR) is 60.7 cm³/mol. The van der Waals surface area contributed by atoms with Crippen LogP contribution in [0.4, 0.5) is 52.7 Å². The van der Waals surface area contributed by atoms with Gasteiger partial charge in [-0.3, -0.25) is 0 Å². The summed E-state index contributed by atoms with van der Waals surface area (Å²) in [4.78, 5) is 0. The first-order valence-electron chi connectivity index (χ1n) is 6.08. The Bertz CT molecular complexity index is 402. The maximum atomic E-state index is 12.7. The molecule has 0 aliphatic rings. The molecule has 0 spiro atoms. The Hall–Kier alpha value is -0.703. The molecule has 0 aromatic rings. The van der Waals surface area contributed by atoms with Crippen molar-refractivity contribution >= 4 is 8.56 Å². The third kappa shape index (κ3) is 4.72. The lowest BCUT2D eigenvalue weighted by atomic mass is 10.1. The Labute approximate surface area is 134 Å². The molecule has 0 aromatic heterocycles. The number of rotatable bonds is 4. The molecule has 0 fully saturated rings. The van der Waals surface area contributed by atoms with Crippen LogP contribution in [0.15, 0.2) is 0 Å². The van der Waals surface area contributed by atoms with Crippen molar-refractivity contribution in [1.29, 1.82) is 0 Å². The highest BCUT2D eigenvalue weighted by Crippen LogP contribution is 2.50. The van der Waals surface area contributed by atoms with Gasteiger partial charge in [-0.15, -0.1) is 0 Å². The molecule has 0 heterocycles. The Morgan fingerprint density at radius 1 is 0.480 bits per heavy atom. The van der Waals surface area contributed by atoms with Crippen LogP contribution in [0.2, 0.25) is 13.1 Å². The summed E-state index contributed by atoms with van der Waals surface area (Å²) in [5, 5.41) is 0. The molecule has 25 heavy (non-hydrogen) atoms. The van der Waals surface area contributed by atoms with Crippen LogP contribution in [-0.2, 0) is 8.85 Å². The van der Waals surface area contributed by atoms with Gasteiger partial charge in [0, 0.05) is 0 Å². The van der Waals surface area contributed by atoms with Crippen LogP contribution in [0, 0.1) is 0 Å². The Balaban J connectivity index is 6.01. The van der Waals surface area contributed by atoms with Crippen molar-refractivity contribution in [3.05, 3.63) is 0 Å². The highest BCUT2D eigenvalue weighted by atomic mass is 28.4. The summed E-state index contributed by atoms with van der Waals surface area (Å²) in [6.45, 7) is -0.690. The van der Waals surface area contributed by atoms with Gasteiger partial charge >= 0.3 is 33.3 Å². The zero-order valence-corrected chi connectivity index (χ0v) is 13.9. The first-order valence-corrected chi connectivity index (χ1v) is 8.90. The first-order chi connectivity index (χ1) is 10.4. The lowest BCUT2D eigenvalue weighted by molar-refractivity contribution is -0.373. The molecule has 0 atom stereocenters. The average molecular weight is 420 g/mol. The SMILES string of the molecule is CC(O[Si](C)(C)OC(C)(C(F)(F)F)C(F)(F)F)(C(F)(F)F)C(F)(F)F. The first kappa shape index (κ1) is 24.3. The van der Waals surface area contributed by atoms with Gasteiger partial charge in [0.1, 0.15) is 0 Å². The zero-order valence-electron chi connectivity index (χ0n) is 12.9. The van der Waals surface area contributed by atoms with Crippen molar-refractivity contribution in [3.63, 3.8) is 0 Å². The highest BCUT2D eigenvalue weighted by molar-refractivity contribution is 6.64. The largest absolute Gasteiger partial charge is 0.425 e. The van der Waals surface area contributed by atoms with E-state index in [4.69, 9.17) is 0 Å². The quantitative estimate of drug-likeness (QED) is 0.443. The van der Waals surface area contributed by atoms with Gasteiger partial charge in [0.2, 0.25) is 11.2 Å². The molecule has 0 saturated carbocycles. The fourth-order valence-corrected chi connectivity index (χ4v) is 4.03. The van der Waals surface area contributed by atoms with Crippen molar-refractivity contribution < 1.29 is 61.5 Å². The van der Waals surface area contributed by atoms with Gasteiger partial charge in [-0.05, 0) is 26.9 Å². The van der Waals surface area contributed by atoms with Crippen LogP contribution >= 0.6 is 0 Å². The van der Waals surface area contributed by atoms with Gasteiger partial charge in [-0.25, -0.2) is 0 Å².